The highest BCUT2D eigenvalue weighted by molar-refractivity contribution is 5.76. The van der Waals surface area contributed by atoms with Crippen LogP contribution in [0, 0.1) is 0 Å². The van der Waals surface area contributed by atoms with E-state index in [0.717, 1.165) is 55.7 Å². The van der Waals surface area contributed by atoms with E-state index in [1.54, 1.807) is 7.11 Å². The van der Waals surface area contributed by atoms with Gasteiger partial charge in [-0.1, -0.05) is 12.1 Å². The Balaban J connectivity index is 1.19. The van der Waals surface area contributed by atoms with E-state index in [1.807, 2.05) is 41.3 Å². The molecule has 1 amide bonds. The molecule has 2 aliphatic rings. The molecule has 1 fully saturated rings. The average Bonchev–Trinajstić information content (AvgIpc) is 3.22. The van der Waals surface area contributed by atoms with Crippen LogP contribution in [0.5, 0.6) is 17.2 Å². The fourth-order valence-corrected chi connectivity index (χ4v) is 3.66. The molecular weight excluding hydrogens is 370 g/mol. The van der Waals surface area contributed by atoms with Crippen molar-refractivity contribution in [2.45, 2.75) is 13.0 Å². The molecule has 0 radical (unpaired) electrons. The third-order valence-corrected chi connectivity index (χ3v) is 5.31. The SMILES string of the molecule is COc1cccc(NCCC(=O)N2CCN(Cc3ccc4c(c3)OCO4)CC2)c1. The number of methoxy groups -OCH3 is 1. The first-order valence-corrected chi connectivity index (χ1v) is 9.98. The van der Waals surface area contributed by atoms with Crippen molar-refractivity contribution in [3.63, 3.8) is 0 Å². The molecule has 2 aromatic carbocycles. The molecular formula is C22H27N3O4. The number of rotatable bonds is 7. The summed E-state index contributed by atoms with van der Waals surface area (Å²) in [6, 6.07) is 13.8. The van der Waals surface area contributed by atoms with Crippen molar-refractivity contribution in [3.05, 3.63) is 48.0 Å². The Morgan fingerprint density at radius 1 is 1.07 bits per heavy atom. The molecule has 2 heterocycles. The highest BCUT2D eigenvalue weighted by Gasteiger charge is 2.21. The van der Waals surface area contributed by atoms with Crippen LogP contribution in [-0.4, -0.2) is 62.3 Å². The Hall–Kier alpha value is -2.93. The summed E-state index contributed by atoms with van der Waals surface area (Å²) in [5.41, 5.74) is 2.17. The van der Waals surface area contributed by atoms with Gasteiger partial charge in [0.25, 0.3) is 0 Å². The predicted molar refractivity (Wildman–Crippen MR) is 111 cm³/mol. The summed E-state index contributed by atoms with van der Waals surface area (Å²) in [4.78, 5) is 16.8. The summed E-state index contributed by atoms with van der Waals surface area (Å²) in [6.07, 6.45) is 0.485. The number of carbonyl (C=O) groups excluding carboxylic acids is 1. The molecule has 2 aliphatic heterocycles. The van der Waals surface area contributed by atoms with Gasteiger partial charge in [0.15, 0.2) is 11.5 Å². The molecule has 2 aromatic rings. The third kappa shape index (κ3) is 4.92. The lowest BCUT2D eigenvalue weighted by Crippen LogP contribution is -2.48. The second kappa shape index (κ2) is 9.05. The smallest absolute Gasteiger partial charge is 0.231 e. The van der Waals surface area contributed by atoms with E-state index < -0.39 is 0 Å². The molecule has 29 heavy (non-hydrogen) atoms. The number of amides is 1. The van der Waals surface area contributed by atoms with Crippen LogP contribution in [-0.2, 0) is 11.3 Å². The molecule has 7 heteroatoms. The van der Waals surface area contributed by atoms with Gasteiger partial charge in [-0.3, -0.25) is 9.69 Å². The number of piperazine rings is 1. The Morgan fingerprint density at radius 2 is 1.90 bits per heavy atom. The third-order valence-electron chi connectivity index (χ3n) is 5.31. The molecule has 0 aromatic heterocycles. The number of carbonyl (C=O) groups is 1. The number of anilines is 1. The van der Waals surface area contributed by atoms with E-state index in [2.05, 4.69) is 16.3 Å². The lowest BCUT2D eigenvalue weighted by Gasteiger charge is -2.35. The van der Waals surface area contributed by atoms with Gasteiger partial charge in [-0.2, -0.15) is 0 Å². The van der Waals surface area contributed by atoms with Crippen LogP contribution < -0.4 is 19.5 Å². The van der Waals surface area contributed by atoms with E-state index >= 15 is 0 Å². The van der Waals surface area contributed by atoms with Gasteiger partial charge in [0.2, 0.25) is 12.7 Å². The summed E-state index contributed by atoms with van der Waals surface area (Å²) in [5.74, 6) is 2.63. The van der Waals surface area contributed by atoms with E-state index in [1.165, 1.54) is 5.56 Å². The minimum Gasteiger partial charge on any atom is -0.497 e. The molecule has 0 bridgehead atoms. The molecule has 0 saturated carbocycles. The fourth-order valence-electron chi connectivity index (χ4n) is 3.66. The molecule has 1 N–H and O–H groups in total. The fraction of sp³-hybridized carbons (Fsp3) is 0.409. The first-order chi connectivity index (χ1) is 14.2. The average molecular weight is 397 g/mol. The zero-order valence-corrected chi connectivity index (χ0v) is 16.7. The molecule has 0 spiro atoms. The Kier molecular flexibility index (Phi) is 6.05. The van der Waals surface area contributed by atoms with Crippen LogP contribution in [0.4, 0.5) is 5.69 Å². The highest BCUT2D eigenvalue weighted by Crippen LogP contribution is 2.32. The minimum atomic E-state index is 0.197. The van der Waals surface area contributed by atoms with Crippen molar-refractivity contribution in [2.75, 3.05) is 51.9 Å². The van der Waals surface area contributed by atoms with E-state index in [4.69, 9.17) is 14.2 Å². The predicted octanol–water partition coefficient (Wildman–Crippen LogP) is 2.57. The zero-order valence-electron chi connectivity index (χ0n) is 16.7. The zero-order chi connectivity index (χ0) is 20.1. The van der Waals surface area contributed by atoms with Gasteiger partial charge in [-0.15, -0.1) is 0 Å². The highest BCUT2D eigenvalue weighted by atomic mass is 16.7. The monoisotopic (exact) mass is 397 g/mol. The summed E-state index contributed by atoms with van der Waals surface area (Å²) in [6.45, 7) is 5.06. The van der Waals surface area contributed by atoms with Crippen molar-refractivity contribution in [1.29, 1.82) is 0 Å². The van der Waals surface area contributed by atoms with Gasteiger partial charge in [0.1, 0.15) is 5.75 Å². The van der Waals surface area contributed by atoms with Crippen LogP contribution in [0.1, 0.15) is 12.0 Å². The first-order valence-electron chi connectivity index (χ1n) is 9.98. The van der Waals surface area contributed by atoms with Crippen molar-refractivity contribution in [1.82, 2.24) is 9.80 Å². The van der Waals surface area contributed by atoms with E-state index in [-0.39, 0.29) is 5.91 Å². The summed E-state index contributed by atoms with van der Waals surface area (Å²) in [5, 5.41) is 3.29. The van der Waals surface area contributed by atoms with Gasteiger partial charge in [0, 0.05) is 57.4 Å². The van der Waals surface area contributed by atoms with Gasteiger partial charge in [0.05, 0.1) is 7.11 Å². The summed E-state index contributed by atoms with van der Waals surface area (Å²) < 4.78 is 16.0. The van der Waals surface area contributed by atoms with E-state index in [0.29, 0.717) is 19.8 Å². The van der Waals surface area contributed by atoms with Crippen molar-refractivity contribution in [3.8, 4) is 17.2 Å². The maximum atomic E-state index is 12.5. The second-order valence-corrected chi connectivity index (χ2v) is 7.25. The molecule has 0 unspecified atom stereocenters. The maximum Gasteiger partial charge on any atom is 0.231 e. The lowest BCUT2D eigenvalue weighted by atomic mass is 10.1. The van der Waals surface area contributed by atoms with Crippen LogP contribution >= 0.6 is 0 Å². The molecule has 1 saturated heterocycles. The number of fused-ring (bicyclic) bond motifs is 1. The Bertz CT molecular complexity index is 850. The van der Waals surface area contributed by atoms with Gasteiger partial charge >= 0.3 is 0 Å². The number of nitrogens with one attached hydrogen (secondary N) is 1. The molecule has 154 valence electrons. The van der Waals surface area contributed by atoms with Crippen LogP contribution in [0.3, 0.4) is 0 Å². The van der Waals surface area contributed by atoms with Gasteiger partial charge in [-0.05, 0) is 29.8 Å². The second-order valence-electron chi connectivity index (χ2n) is 7.25. The number of ether oxygens (including phenoxy) is 3. The van der Waals surface area contributed by atoms with Gasteiger partial charge in [-0.25, -0.2) is 0 Å². The van der Waals surface area contributed by atoms with Crippen LogP contribution in [0.15, 0.2) is 42.5 Å². The summed E-state index contributed by atoms with van der Waals surface area (Å²) >= 11 is 0. The normalized spacial score (nSPS) is 16.0. The lowest BCUT2D eigenvalue weighted by molar-refractivity contribution is -0.132. The van der Waals surface area contributed by atoms with Crippen LogP contribution in [0.25, 0.3) is 0 Å². The number of hydrogen-bond acceptors (Lipinski definition) is 6. The van der Waals surface area contributed by atoms with Gasteiger partial charge < -0.3 is 24.4 Å². The number of nitrogens with zero attached hydrogens (tertiary/aromatic N) is 2. The van der Waals surface area contributed by atoms with Crippen LogP contribution in [0.2, 0.25) is 0 Å². The molecule has 0 aliphatic carbocycles. The Morgan fingerprint density at radius 3 is 2.72 bits per heavy atom. The Labute approximate surface area is 171 Å². The standard InChI is InChI=1S/C22H27N3O4/c1-27-19-4-2-3-18(14-19)23-8-7-22(26)25-11-9-24(10-12-25)15-17-5-6-20-21(13-17)29-16-28-20/h2-6,13-14,23H,7-12,15-16H2,1H3. The van der Waals surface area contributed by atoms with Crippen molar-refractivity contribution in [2.24, 2.45) is 0 Å². The first kappa shape index (κ1) is 19.4. The molecule has 0 atom stereocenters. The topological polar surface area (TPSA) is 63.3 Å². The molecule has 7 nitrogen and oxygen atoms in total. The van der Waals surface area contributed by atoms with Crippen molar-refractivity contribution >= 4 is 11.6 Å². The number of benzene rings is 2. The van der Waals surface area contributed by atoms with Crippen molar-refractivity contribution < 1.29 is 19.0 Å². The number of hydrogen-bond donors (Lipinski definition) is 1. The quantitative estimate of drug-likeness (QED) is 0.775. The molecule has 4 rings (SSSR count). The maximum absolute atomic E-state index is 12.5. The summed E-state index contributed by atoms with van der Waals surface area (Å²) in [7, 11) is 1.65. The largest absolute Gasteiger partial charge is 0.497 e. The minimum absolute atomic E-state index is 0.197. The van der Waals surface area contributed by atoms with E-state index in [9.17, 15) is 4.79 Å².